The number of likely N-dealkylation sites (tertiary alicyclic amines) is 1. The zero-order valence-corrected chi connectivity index (χ0v) is 11.7. The van der Waals surface area contributed by atoms with Gasteiger partial charge in [-0.1, -0.05) is 6.42 Å². The lowest BCUT2D eigenvalue weighted by Gasteiger charge is -2.40. The number of hydrogen-bond acceptors (Lipinski definition) is 3. The van der Waals surface area contributed by atoms with Gasteiger partial charge >= 0.3 is 0 Å². The van der Waals surface area contributed by atoms with E-state index in [9.17, 15) is 9.59 Å². The van der Waals surface area contributed by atoms with Crippen LogP contribution in [0, 0.1) is 11.8 Å². The molecule has 5 nitrogen and oxygen atoms in total. The lowest BCUT2D eigenvalue weighted by Crippen LogP contribution is -2.51. The Morgan fingerprint density at radius 1 is 1.11 bits per heavy atom. The van der Waals surface area contributed by atoms with Crippen molar-refractivity contribution in [2.45, 2.75) is 57.5 Å². The molecule has 2 amide bonds. The van der Waals surface area contributed by atoms with Crippen molar-refractivity contribution >= 4 is 11.8 Å². The minimum Gasteiger partial charge on any atom is -0.369 e. The molecule has 0 spiro atoms. The van der Waals surface area contributed by atoms with Gasteiger partial charge in [0.2, 0.25) is 11.8 Å². The van der Waals surface area contributed by atoms with Gasteiger partial charge in [0, 0.05) is 24.5 Å². The zero-order valence-electron chi connectivity index (χ0n) is 11.7. The fraction of sp³-hybridized carbons (Fsp3) is 0.857. The third kappa shape index (κ3) is 3.26. The van der Waals surface area contributed by atoms with Crippen molar-refractivity contribution in [3.05, 3.63) is 0 Å². The quantitative estimate of drug-likeness (QED) is 0.768. The Bertz CT molecular complexity index is 359. The highest BCUT2D eigenvalue weighted by Gasteiger charge is 2.36. The molecule has 1 aliphatic heterocycles. The fourth-order valence-electron chi connectivity index (χ4n) is 3.33. The summed E-state index contributed by atoms with van der Waals surface area (Å²) in [6.45, 7) is 2.54. The number of primary amides is 1. The number of carbonyl (C=O) groups excluding carboxylic acids is 2. The highest BCUT2D eigenvalue weighted by atomic mass is 16.2. The molecule has 0 unspecified atom stereocenters. The summed E-state index contributed by atoms with van der Waals surface area (Å²) in [6, 6.07) is 0.357. The van der Waals surface area contributed by atoms with Crippen LogP contribution in [-0.4, -0.2) is 35.3 Å². The summed E-state index contributed by atoms with van der Waals surface area (Å²) in [5.74, 6) is -0.256. The minimum atomic E-state index is -0.287. The predicted molar refractivity (Wildman–Crippen MR) is 73.0 cm³/mol. The van der Waals surface area contributed by atoms with Gasteiger partial charge in [-0.2, -0.15) is 0 Å². The molecule has 4 atom stereocenters. The number of carbonyl (C=O) groups is 2. The van der Waals surface area contributed by atoms with Crippen molar-refractivity contribution in [1.82, 2.24) is 4.90 Å². The molecule has 0 aromatic rings. The first-order valence-corrected chi connectivity index (χ1v) is 7.34. The van der Waals surface area contributed by atoms with Crippen molar-refractivity contribution in [3.8, 4) is 0 Å². The number of amides is 2. The van der Waals surface area contributed by atoms with Crippen LogP contribution < -0.4 is 11.5 Å². The molecule has 2 fully saturated rings. The van der Waals surface area contributed by atoms with Gasteiger partial charge in [0.25, 0.3) is 0 Å². The third-order valence-electron chi connectivity index (χ3n) is 4.63. The average molecular weight is 267 g/mol. The van der Waals surface area contributed by atoms with Gasteiger partial charge in [-0.05, 0) is 39.0 Å². The van der Waals surface area contributed by atoms with Gasteiger partial charge in [-0.25, -0.2) is 0 Å². The summed E-state index contributed by atoms with van der Waals surface area (Å²) in [6.07, 6.45) is 5.41. The van der Waals surface area contributed by atoms with Gasteiger partial charge in [0.15, 0.2) is 0 Å². The second-order valence-corrected chi connectivity index (χ2v) is 6.14. The summed E-state index contributed by atoms with van der Waals surface area (Å²) in [5.41, 5.74) is 11.3. The van der Waals surface area contributed by atoms with Crippen LogP contribution in [0.3, 0.4) is 0 Å². The van der Waals surface area contributed by atoms with Gasteiger partial charge < -0.3 is 16.4 Å². The standard InChI is InChI=1S/C14H25N3O2/c1-9-5-6-11(13(16)18)8-17(9)14(19)10-3-2-4-12(15)7-10/h9-12H,2-8,15H2,1H3,(H2,16,18)/t9-,10-,11+,12+/m1/s1. The summed E-state index contributed by atoms with van der Waals surface area (Å²) < 4.78 is 0. The van der Waals surface area contributed by atoms with Crippen molar-refractivity contribution in [2.24, 2.45) is 23.3 Å². The van der Waals surface area contributed by atoms with E-state index in [0.717, 1.165) is 38.5 Å². The van der Waals surface area contributed by atoms with Gasteiger partial charge in [-0.3, -0.25) is 9.59 Å². The molecule has 4 N–H and O–H groups in total. The number of nitrogens with two attached hydrogens (primary N) is 2. The van der Waals surface area contributed by atoms with E-state index in [1.165, 1.54) is 0 Å². The minimum absolute atomic E-state index is 0.0397. The van der Waals surface area contributed by atoms with Crippen molar-refractivity contribution < 1.29 is 9.59 Å². The molecule has 2 aliphatic rings. The summed E-state index contributed by atoms with van der Waals surface area (Å²) >= 11 is 0. The van der Waals surface area contributed by atoms with E-state index in [1.807, 2.05) is 4.90 Å². The normalized spacial score (nSPS) is 36.0. The van der Waals surface area contributed by atoms with Crippen molar-refractivity contribution in [2.75, 3.05) is 6.54 Å². The molecule has 108 valence electrons. The van der Waals surface area contributed by atoms with Crippen molar-refractivity contribution in [3.63, 3.8) is 0 Å². The maximum atomic E-state index is 12.6. The molecule has 19 heavy (non-hydrogen) atoms. The van der Waals surface area contributed by atoms with E-state index >= 15 is 0 Å². The molecule has 1 heterocycles. The maximum Gasteiger partial charge on any atom is 0.226 e. The van der Waals surface area contributed by atoms with Crippen LogP contribution in [0.1, 0.15) is 45.4 Å². The van der Waals surface area contributed by atoms with Gasteiger partial charge in [0.1, 0.15) is 0 Å². The highest BCUT2D eigenvalue weighted by Crippen LogP contribution is 2.29. The van der Waals surface area contributed by atoms with Crippen LogP contribution in [0.15, 0.2) is 0 Å². The number of nitrogens with zero attached hydrogens (tertiary/aromatic N) is 1. The lowest BCUT2D eigenvalue weighted by atomic mass is 9.83. The van der Waals surface area contributed by atoms with Gasteiger partial charge in [0.05, 0.1) is 5.92 Å². The van der Waals surface area contributed by atoms with Crippen molar-refractivity contribution in [1.29, 1.82) is 0 Å². The first kappa shape index (κ1) is 14.3. The number of piperidine rings is 1. The van der Waals surface area contributed by atoms with E-state index in [0.29, 0.717) is 6.54 Å². The van der Waals surface area contributed by atoms with Gasteiger partial charge in [-0.15, -0.1) is 0 Å². The Hall–Kier alpha value is -1.10. The maximum absolute atomic E-state index is 12.6. The van der Waals surface area contributed by atoms with Crippen LogP contribution >= 0.6 is 0 Å². The Labute approximate surface area is 114 Å². The highest BCUT2D eigenvalue weighted by molar-refractivity contribution is 5.82. The summed E-state index contributed by atoms with van der Waals surface area (Å²) in [5, 5.41) is 0. The first-order chi connectivity index (χ1) is 8.99. The van der Waals surface area contributed by atoms with E-state index < -0.39 is 0 Å². The Morgan fingerprint density at radius 3 is 2.47 bits per heavy atom. The molecular weight excluding hydrogens is 242 g/mol. The summed E-state index contributed by atoms with van der Waals surface area (Å²) in [7, 11) is 0. The average Bonchev–Trinajstić information content (AvgIpc) is 2.38. The van der Waals surface area contributed by atoms with Crippen LogP contribution in [-0.2, 0) is 9.59 Å². The van der Waals surface area contributed by atoms with E-state index in [-0.39, 0.29) is 35.7 Å². The molecule has 0 aromatic carbocycles. The lowest BCUT2D eigenvalue weighted by molar-refractivity contribution is -0.142. The smallest absolute Gasteiger partial charge is 0.226 e. The first-order valence-electron chi connectivity index (χ1n) is 7.34. The molecule has 1 saturated carbocycles. The fourth-order valence-corrected chi connectivity index (χ4v) is 3.33. The topological polar surface area (TPSA) is 89.4 Å². The second-order valence-electron chi connectivity index (χ2n) is 6.14. The monoisotopic (exact) mass is 267 g/mol. The number of hydrogen-bond donors (Lipinski definition) is 2. The second kappa shape index (κ2) is 5.90. The van der Waals surface area contributed by atoms with Crippen LogP contribution in [0.25, 0.3) is 0 Å². The Morgan fingerprint density at radius 2 is 1.84 bits per heavy atom. The molecule has 1 saturated heterocycles. The largest absolute Gasteiger partial charge is 0.369 e. The SMILES string of the molecule is C[C@@H]1CC[C@H](C(N)=O)CN1C(=O)[C@@H]1CCC[C@H](N)C1. The van der Waals surface area contributed by atoms with Crippen LogP contribution in [0.2, 0.25) is 0 Å². The van der Waals surface area contributed by atoms with E-state index in [1.54, 1.807) is 0 Å². The van der Waals surface area contributed by atoms with Crippen LogP contribution in [0.4, 0.5) is 0 Å². The van der Waals surface area contributed by atoms with E-state index in [4.69, 9.17) is 11.5 Å². The Balaban J connectivity index is 2.01. The zero-order chi connectivity index (χ0) is 14.0. The molecule has 5 heteroatoms. The molecular formula is C14H25N3O2. The van der Waals surface area contributed by atoms with E-state index in [2.05, 4.69) is 6.92 Å². The number of rotatable bonds is 2. The summed E-state index contributed by atoms with van der Waals surface area (Å²) in [4.78, 5) is 25.8. The third-order valence-corrected chi connectivity index (χ3v) is 4.63. The molecule has 0 bridgehead atoms. The molecule has 2 rings (SSSR count). The predicted octanol–water partition coefficient (Wildman–Crippen LogP) is 0.616. The van der Waals surface area contributed by atoms with Crippen LogP contribution in [0.5, 0.6) is 0 Å². The Kier molecular flexibility index (Phi) is 4.45. The molecule has 0 radical (unpaired) electrons. The molecule has 1 aliphatic carbocycles. The molecule has 0 aromatic heterocycles.